The third-order valence-corrected chi connectivity index (χ3v) is 4.70. The fourth-order valence-electron chi connectivity index (χ4n) is 1.68. The van der Waals surface area contributed by atoms with Crippen molar-refractivity contribution in [2.24, 2.45) is 0 Å². The average Bonchev–Trinajstić information content (AvgIpc) is 2.33. The summed E-state index contributed by atoms with van der Waals surface area (Å²) in [6.45, 7) is 0.613. The minimum absolute atomic E-state index is 0.00545. The van der Waals surface area contributed by atoms with Gasteiger partial charge in [-0.1, -0.05) is 0 Å². The minimum Gasteiger partial charge on any atom is -0.480 e. The SMILES string of the molecule is CS(=O)(=O)CCCNC(=O)N1CCSCC1C(=O)O. The maximum absolute atomic E-state index is 11.8. The van der Waals surface area contributed by atoms with Crippen molar-refractivity contribution in [2.75, 3.05) is 36.6 Å². The van der Waals surface area contributed by atoms with Crippen LogP contribution in [0.3, 0.4) is 0 Å². The summed E-state index contributed by atoms with van der Waals surface area (Å²) >= 11 is 1.50. The average molecular weight is 310 g/mol. The lowest BCUT2D eigenvalue weighted by atomic mass is 10.3. The number of carboxylic acids is 1. The van der Waals surface area contributed by atoms with E-state index in [9.17, 15) is 18.0 Å². The molecule has 1 fully saturated rings. The van der Waals surface area contributed by atoms with E-state index in [1.54, 1.807) is 0 Å². The fraction of sp³-hybridized carbons (Fsp3) is 0.800. The molecule has 0 spiro atoms. The van der Waals surface area contributed by atoms with Crippen molar-refractivity contribution in [2.45, 2.75) is 12.5 Å². The van der Waals surface area contributed by atoms with E-state index in [0.29, 0.717) is 24.5 Å². The van der Waals surface area contributed by atoms with Crippen LogP contribution in [0.2, 0.25) is 0 Å². The molecule has 0 saturated carbocycles. The van der Waals surface area contributed by atoms with Gasteiger partial charge in [0.15, 0.2) is 0 Å². The van der Waals surface area contributed by atoms with Crippen LogP contribution in [-0.4, -0.2) is 73.1 Å². The third kappa shape index (κ3) is 5.68. The summed E-state index contributed by atoms with van der Waals surface area (Å²) in [6, 6.07) is -1.25. The van der Waals surface area contributed by atoms with Gasteiger partial charge in [0.05, 0.1) is 5.75 Å². The molecule has 0 radical (unpaired) electrons. The van der Waals surface area contributed by atoms with Crippen LogP contribution < -0.4 is 5.32 Å². The van der Waals surface area contributed by atoms with Gasteiger partial charge in [0.2, 0.25) is 0 Å². The van der Waals surface area contributed by atoms with Gasteiger partial charge < -0.3 is 15.3 Å². The Morgan fingerprint density at radius 3 is 2.74 bits per heavy atom. The van der Waals surface area contributed by atoms with Gasteiger partial charge in [-0.05, 0) is 6.42 Å². The Morgan fingerprint density at radius 1 is 1.47 bits per heavy atom. The van der Waals surface area contributed by atoms with Crippen molar-refractivity contribution in [3.63, 3.8) is 0 Å². The number of sulfone groups is 1. The van der Waals surface area contributed by atoms with Gasteiger partial charge in [-0.15, -0.1) is 0 Å². The minimum atomic E-state index is -3.03. The van der Waals surface area contributed by atoms with Crippen LogP contribution in [0.5, 0.6) is 0 Å². The topological polar surface area (TPSA) is 104 Å². The highest BCUT2D eigenvalue weighted by Gasteiger charge is 2.32. The predicted molar refractivity (Wildman–Crippen MR) is 73.2 cm³/mol. The molecule has 7 nitrogen and oxygen atoms in total. The van der Waals surface area contributed by atoms with Gasteiger partial charge in [0.1, 0.15) is 15.9 Å². The van der Waals surface area contributed by atoms with Crippen LogP contribution in [0, 0.1) is 0 Å². The molecule has 9 heteroatoms. The summed E-state index contributed by atoms with van der Waals surface area (Å²) in [5, 5.41) is 11.6. The number of nitrogens with zero attached hydrogens (tertiary/aromatic N) is 1. The third-order valence-electron chi connectivity index (χ3n) is 2.64. The van der Waals surface area contributed by atoms with Crippen molar-refractivity contribution < 1.29 is 23.1 Å². The zero-order valence-electron chi connectivity index (χ0n) is 10.7. The standard InChI is InChI=1S/C10H18N2O5S2/c1-19(16,17)6-2-3-11-10(15)12-4-5-18-7-8(12)9(13)14/h8H,2-7H2,1H3,(H,11,15)(H,13,14). The molecule has 0 aliphatic carbocycles. The summed E-state index contributed by atoms with van der Waals surface area (Å²) in [6.07, 6.45) is 1.46. The van der Waals surface area contributed by atoms with Gasteiger partial charge in [0.25, 0.3) is 0 Å². The Bertz CT molecular complexity index is 437. The Kier molecular flexibility index (Phi) is 5.92. The van der Waals surface area contributed by atoms with Crippen molar-refractivity contribution in [3.05, 3.63) is 0 Å². The quantitative estimate of drug-likeness (QED) is 0.672. The van der Waals surface area contributed by atoms with E-state index < -0.39 is 27.9 Å². The molecule has 0 aromatic heterocycles. The van der Waals surface area contributed by atoms with Crippen molar-refractivity contribution in [3.8, 4) is 0 Å². The molecule has 0 bridgehead atoms. The van der Waals surface area contributed by atoms with E-state index in [2.05, 4.69) is 5.32 Å². The highest BCUT2D eigenvalue weighted by molar-refractivity contribution is 7.99. The number of carboxylic acid groups (broad SMARTS) is 1. The second-order valence-corrected chi connectivity index (χ2v) is 7.75. The van der Waals surface area contributed by atoms with Crippen LogP contribution in [0.4, 0.5) is 4.79 Å². The predicted octanol–water partition coefficient (Wildman–Crippen LogP) is -0.367. The molecule has 2 N–H and O–H groups in total. The molecule has 1 rings (SSSR count). The normalized spacial score (nSPS) is 20.1. The maximum atomic E-state index is 11.8. The molecule has 0 aromatic rings. The number of carbonyl (C=O) groups is 2. The van der Waals surface area contributed by atoms with E-state index in [4.69, 9.17) is 5.11 Å². The molecule has 1 saturated heterocycles. The van der Waals surface area contributed by atoms with Crippen molar-refractivity contribution >= 4 is 33.6 Å². The molecule has 19 heavy (non-hydrogen) atoms. The largest absolute Gasteiger partial charge is 0.480 e. The Morgan fingerprint density at radius 2 is 2.16 bits per heavy atom. The van der Waals surface area contributed by atoms with Gasteiger partial charge in [-0.25, -0.2) is 18.0 Å². The smallest absolute Gasteiger partial charge is 0.327 e. The molecule has 1 aliphatic heterocycles. The molecule has 1 unspecified atom stereocenters. The van der Waals surface area contributed by atoms with Gasteiger partial charge >= 0.3 is 12.0 Å². The number of nitrogens with one attached hydrogen (secondary N) is 1. The first-order valence-corrected chi connectivity index (χ1v) is 9.05. The Labute approximate surface area is 116 Å². The van der Waals surface area contributed by atoms with Crippen LogP contribution in [0.15, 0.2) is 0 Å². The first kappa shape index (κ1) is 16.1. The summed E-state index contributed by atoms with van der Waals surface area (Å²) < 4.78 is 21.8. The lowest BCUT2D eigenvalue weighted by Crippen LogP contribution is -2.53. The molecular formula is C10H18N2O5S2. The summed E-state index contributed by atoms with van der Waals surface area (Å²) in [4.78, 5) is 24.1. The first-order chi connectivity index (χ1) is 8.81. The van der Waals surface area contributed by atoms with E-state index in [0.717, 1.165) is 6.26 Å². The molecule has 1 aliphatic rings. The number of thioether (sulfide) groups is 1. The number of aliphatic carboxylic acids is 1. The van der Waals surface area contributed by atoms with Crippen LogP contribution in [0.25, 0.3) is 0 Å². The van der Waals surface area contributed by atoms with E-state index >= 15 is 0 Å². The molecule has 110 valence electrons. The van der Waals surface area contributed by atoms with Gasteiger partial charge in [-0.2, -0.15) is 11.8 Å². The zero-order valence-corrected chi connectivity index (χ0v) is 12.3. The lowest BCUT2D eigenvalue weighted by molar-refractivity contribution is -0.141. The highest BCUT2D eigenvalue weighted by atomic mass is 32.2. The van der Waals surface area contributed by atoms with E-state index in [-0.39, 0.29) is 12.3 Å². The number of hydrogen-bond donors (Lipinski definition) is 2. The number of amides is 2. The van der Waals surface area contributed by atoms with Crippen LogP contribution >= 0.6 is 11.8 Å². The van der Waals surface area contributed by atoms with Gasteiger partial charge in [0, 0.05) is 30.9 Å². The number of carbonyl (C=O) groups excluding carboxylic acids is 1. The maximum Gasteiger partial charge on any atom is 0.327 e. The van der Waals surface area contributed by atoms with Crippen LogP contribution in [0.1, 0.15) is 6.42 Å². The first-order valence-electron chi connectivity index (χ1n) is 5.84. The summed E-state index contributed by atoms with van der Waals surface area (Å²) in [7, 11) is -3.03. The van der Waals surface area contributed by atoms with Gasteiger partial charge in [-0.3, -0.25) is 0 Å². The fourth-order valence-corrected chi connectivity index (χ4v) is 3.39. The molecular weight excluding hydrogens is 292 g/mol. The number of hydrogen-bond acceptors (Lipinski definition) is 5. The van der Waals surface area contributed by atoms with Crippen molar-refractivity contribution in [1.82, 2.24) is 10.2 Å². The molecule has 1 heterocycles. The van der Waals surface area contributed by atoms with Crippen molar-refractivity contribution in [1.29, 1.82) is 0 Å². The summed E-state index contributed by atoms with van der Waals surface area (Å²) in [5.74, 6) is 0.0801. The number of rotatable bonds is 5. The Hall–Kier alpha value is -0.960. The van der Waals surface area contributed by atoms with E-state index in [1.165, 1.54) is 16.7 Å². The Balaban J connectivity index is 2.41. The lowest BCUT2D eigenvalue weighted by Gasteiger charge is -2.32. The highest BCUT2D eigenvalue weighted by Crippen LogP contribution is 2.16. The molecule has 1 atom stereocenters. The zero-order chi connectivity index (χ0) is 14.5. The second-order valence-electron chi connectivity index (χ2n) is 4.34. The number of urea groups is 1. The van der Waals surface area contributed by atoms with Crippen LogP contribution in [-0.2, 0) is 14.6 Å². The second kappa shape index (κ2) is 6.99. The molecule has 2 amide bonds. The van der Waals surface area contributed by atoms with E-state index in [1.807, 2.05) is 0 Å². The summed E-state index contributed by atoms with van der Waals surface area (Å²) in [5.41, 5.74) is 0. The molecule has 0 aromatic carbocycles. The monoisotopic (exact) mass is 310 g/mol.